The monoisotopic (exact) mass is 1430 g/mol. The molecule has 20 heteroatoms. The first kappa shape index (κ1) is 76.4. The Balaban J connectivity index is 0.985. The highest BCUT2D eigenvalue weighted by atomic mass is 16.6. The lowest BCUT2D eigenvalue weighted by molar-refractivity contribution is -0.113. The molecule has 20 nitrogen and oxygen atoms in total. The summed E-state index contributed by atoms with van der Waals surface area (Å²) in [6.07, 6.45) is 0.115. The number of aromatic hydroxyl groups is 3. The van der Waals surface area contributed by atoms with Crippen molar-refractivity contribution >= 4 is 18.9 Å². The van der Waals surface area contributed by atoms with Crippen LogP contribution < -0.4 is 61.6 Å². The average Bonchev–Trinajstić information content (AvgIpc) is 1.67. The van der Waals surface area contributed by atoms with E-state index in [4.69, 9.17) is 66.3 Å². The average molecular weight is 1430 g/mol. The number of aryl methyl sites for hydroxylation is 3. The van der Waals surface area contributed by atoms with Gasteiger partial charge in [0.15, 0.2) is 111 Å². The van der Waals surface area contributed by atoms with Gasteiger partial charge in [0.25, 0.3) is 0 Å². The molecule has 0 saturated heterocycles. The Morgan fingerprint density at radius 3 is 1.68 bits per heavy atom. The van der Waals surface area contributed by atoms with Crippen molar-refractivity contribution in [3.05, 3.63) is 207 Å². The van der Waals surface area contributed by atoms with Crippen molar-refractivity contribution in [2.75, 3.05) is 56.4 Å². The Kier molecular flexibility index (Phi) is 25.3. The molecule has 8 unspecified atom stereocenters. The second-order valence-electron chi connectivity index (χ2n) is 26.3. The van der Waals surface area contributed by atoms with Crippen molar-refractivity contribution in [2.24, 2.45) is 0 Å². The molecule has 9 aromatic rings. The SMILES string of the molecule is COc1cc(CC(COC(c2ccc(OC(C)Cc3cc(Oc4ccc(C)cc4OC)c(OC(C)C=O)c(-c4cc(CC(C)Oc5ccc(C)cc5OC)cc(OC)c4O)c3)c(C=O)c2)C(C)c2ccc(O)c(OC)c2)Oc2ccc(C3Oc4c(OC)cc(CCC=O)cc4C3C)cc2OC)ccc1O. The van der Waals surface area contributed by atoms with Gasteiger partial charge in [-0.05, 0) is 194 Å². The summed E-state index contributed by atoms with van der Waals surface area (Å²) in [5, 5.41) is 33.7. The Labute approximate surface area is 613 Å². The summed E-state index contributed by atoms with van der Waals surface area (Å²) >= 11 is 0. The van der Waals surface area contributed by atoms with Crippen LogP contribution in [-0.2, 0) is 40.0 Å². The van der Waals surface area contributed by atoms with Crippen molar-refractivity contribution < 1.29 is 96.0 Å². The molecule has 552 valence electrons. The topological polar surface area (TPSA) is 241 Å². The van der Waals surface area contributed by atoms with E-state index in [1.807, 2.05) is 107 Å². The molecule has 0 fully saturated rings. The Morgan fingerprint density at radius 1 is 0.476 bits per heavy atom. The maximum atomic E-state index is 13.6. The van der Waals surface area contributed by atoms with Crippen molar-refractivity contribution in [2.45, 2.75) is 129 Å². The van der Waals surface area contributed by atoms with E-state index in [1.165, 1.54) is 28.4 Å². The first-order valence-corrected chi connectivity index (χ1v) is 34.7. The van der Waals surface area contributed by atoms with E-state index in [-0.39, 0.29) is 82.7 Å². The van der Waals surface area contributed by atoms with Gasteiger partial charge in [0.2, 0.25) is 0 Å². The fourth-order valence-electron chi connectivity index (χ4n) is 13.2. The molecule has 0 aliphatic carbocycles. The number of carbonyl (C=O) groups excluding carboxylic acids is 3. The molecule has 0 amide bonds. The lowest BCUT2D eigenvalue weighted by atomic mass is 9.89. The molecule has 10 rings (SSSR count). The van der Waals surface area contributed by atoms with Gasteiger partial charge in [-0.25, -0.2) is 0 Å². The van der Waals surface area contributed by atoms with Crippen LogP contribution in [0.15, 0.2) is 146 Å². The van der Waals surface area contributed by atoms with Crippen LogP contribution in [0.4, 0.5) is 0 Å². The van der Waals surface area contributed by atoms with E-state index in [0.29, 0.717) is 93.8 Å². The first-order chi connectivity index (χ1) is 50.6. The van der Waals surface area contributed by atoms with E-state index in [0.717, 1.165) is 57.1 Å². The fourth-order valence-corrected chi connectivity index (χ4v) is 13.2. The number of hydrogen-bond donors (Lipinski definition) is 3. The van der Waals surface area contributed by atoms with E-state index >= 15 is 0 Å². The highest BCUT2D eigenvalue weighted by molar-refractivity contribution is 5.83. The predicted octanol–water partition coefficient (Wildman–Crippen LogP) is 16.7. The van der Waals surface area contributed by atoms with Crippen LogP contribution in [-0.4, -0.2) is 115 Å². The van der Waals surface area contributed by atoms with Gasteiger partial charge in [0.1, 0.15) is 30.3 Å². The number of hydrogen-bond acceptors (Lipinski definition) is 20. The van der Waals surface area contributed by atoms with Crippen molar-refractivity contribution in [1.29, 1.82) is 0 Å². The number of rotatable bonds is 36. The second kappa shape index (κ2) is 34.8. The van der Waals surface area contributed by atoms with Gasteiger partial charge in [-0.1, -0.05) is 56.3 Å². The van der Waals surface area contributed by atoms with Crippen LogP contribution >= 0.6 is 0 Å². The minimum Gasteiger partial charge on any atom is -0.504 e. The van der Waals surface area contributed by atoms with Gasteiger partial charge in [-0.2, -0.15) is 0 Å². The van der Waals surface area contributed by atoms with Gasteiger partial charge in [0, 0.05) is 54.2 Å². The van der Waals surface area contributed by atoms with Crippen molar-refractivity contribution in [1.82, 2.24) is 0 Å². The highest BCUT2D eigenvalue weighted by Gasteiger charge is 2.37. The molecule has 8 atom stereocenters. The third kappa shape index (κ3) is 18.0. The first-order valence-electron chi connectivity index (χ1n) is 34.7. The minimum absolute atomic E-state index is 0.0358. The Morgan fingerprint density at radius 2 is 1.03 bits per heavy atom. The van der Waals surface area contributed by atoms with Crippen LogP contribution in [0.25, 0.3) is 11.1 Å². The second-order valence-corrected chi connectivity index (χ2v) is 26.3. The van der Waals surface area contributed by atoms with Crippen molar-refractivity contribution in [3.8, 4) is 109 Å². The Hall–Kier alpha value is -11.3. The highest BCUT2D eigenvalue weighted by Crippen LogP contribution is 2.53. The third-order valence-electron chi connectivity index (χ3n) is 18.6. The van der Waals surface area contributed by atoms with Crippen molar-refractivity contribution in [3.63, 3.8) is 0 Å². The summed E-state index contributed by atoms with van der Waals surface area (Å²) < 4.78 is 87.4. The van der Waals surface area contributed by atoms with Gasteiger partial charge in [-0.3, -0.25) is 9.59 Å². The zero-order chi connectivity index (χ0) is 75.2. The summed E-state index contributed by atoms with van der Waals surface area (Å²) in [6, 6.07) is 43.5. The van der Waals surface area contributed by atoms with Gasteiger partial charge in [0.05, 0.1) is 74.1 Å². The molecule has 105 heavy (non-hydrogen) atoms. The number of methoxy groups -OCH3 is 7. The van der Waals surface area contributed by atoms with E-state index < -0.39 is 42.5 Å². The van der Waals surface area contributed by atoms with Crippen LogP contribution in [0.2, 0.25) is 0 Å². The summed E-state index contributed by atoms with van der Waals surface area (Å²) in [6.45, 7) is 13.3. The summed E-state index contributed by atoms with van der Waals surface area (Å²) in [5.74, 6) is 4.45. The van der Waals surface area contributed by atoms with Crippen LogP contribution in [0.1, 0.15) is 131 Å². The Bertz CT molecular complexity index is 4550. The quantitative estimate of drug-likeness (QED) is 0.0309. The molecule has 9 aromatic carbocycles. The molecule has 1 aliphatic rings. The molecule has 0 aromatic heterocycles. The normalized spacial score (nSPS) is 14.7. The number of phenolic OH excluding ortho intramolecular Hbond substituents is 3. The molecule has 1 heterocycles. The summed E-state index contributed by atoms with van der Waals surface area (Å²) in [4.78, 5) is 37.4. The largest absolute Gasteiger partial charge is 0.504 e. The molecule has 0 spiro atoms. The number of ether oxygens (including phenoxy) is 14. The number of benzene rings is 9. The molecule has 0 saturated carbocycles. The molecular formula is C85H92O20. The fraction of sp³-hybridized carbons (Fsp3) is 0.329. The van der Waals surface area contributed by atoms with E-state index in [2.05, 4.69) is 13.0 Å². The van der Waals surface area contributed by atoms with Crippen LogP contribution in [0, 0.1) is 13.8 Å². The lowest BCUT2D eigenvalue weighted by Gasteiger charge is -2.29. The van der Waals surface area contributed by atoms with Gasteiger partial charge >= 0.3 is 0 Å². The minimum atomic E-state index is -0.978. The molecular weight excluding hydrogens is 1340 g/mol. The standard InChI is InChI=1S/C85H92O20/c1-48-17-25-70(75(30-48)94-10)101-51(4)33-57-36-65(81(91)78(40-57)97-13)66-37-58(41-80(85(66)102-52(5)45-87)104-72-26-18-49(2)31-76(72)95-11)32-50(3)100-69-27-21-60(42-62(69)46-88)82(53(6)59-20-24-68(90)74(43-59)93-9)99-47-63(34-56-19-23-67(89)73(38-56)92-8)103-71-28-22-61(44-77(71)96-12)83-54(7)64-35-55(16-15-29-86)39-79(98-14)84(64)105-83/h17-31,35-46,50-54,63,82-83,89-91H,15-16,32-34,47H2,1-14H3. The zero-order valence-corrected chi connectivity index (χ0v) is 61.7. The zero-order valence-electron chi connectivity index (χ0n) is 61.7. The molecule has 1 aliphatic heterocycles. The van der Waals surface area contributed by atoms with Gasteiger partial charge < -0.3 is 86.4 Å². The summed E-state index contributed by atoms with van der Waals surface area (Å²) in [5.41, 5.74) is 9.08. The molecule has 3 N–H and O–H groups in total. The number of fused-ring (bicyclic) bond motifs is 1. The van der Waals surface area contributed by atoms with E-state index in [9.17, 15) is 29.7 Å². The maximum Gasteiger partial charge on any atom is 0.170 e. The number of phenols is 3. The number of carbonyl (C=O) groups is 3. The van der Waals surface area contributed by atoms with E-state index in [1.54, 1.807) is 95.0 Å². The van der Waals surface area contributed by atoms with Crippen LogP contribution in [0.5, 0.6) is 97.7 Å². The predicted molar refractivity (Wildman–Crippen MR) is 398 cm³/mol. The number of aldehydes is 3. The third-order valence-corrected chi connectivity index (χ3v) is 18.6. The smallest absolute Gasteiger partial charge is 0.170 e. The summed E-state index contributed by atoms with van der Waals surface area (Å²) in [7, 11) is 10.7. The molecule has 0 radical (unpaired) electrons. The molecule has 0 bridgehead atoms. The van der Waals surface area contributed by atoms with Gasteiger partial charge in [-0.15, -0.1) is 0 Å². The lowest BCUT2D eigenvalue weighted by Crippen LogP contribution is -2.28. The maximum absolute atomic E-state index is 13.6. The van der Waals surface area contributed by atoms with Crippen LogP contribution in [0.3, 0.4) is 0 Å².